The van der Waals surface area contributed by atoms with E-state index in [0.717, 1.165) is 0 Å². The first-order valence-corrected chi connectivity index (χ1v) is 23.7. The van der Waals surface area contributed by atoms with Crippen molar-refractivity contribution < 1.29 is 78.0 Å². The van der Waals surface area contributed by atoms with Crippen molar-refractivity contribution >= 4 is 81.9 Å². The molecule has 0 saturated carbocycles. The number of fused-ring (bicyclic) bond motifs is 1. The van der Waals surface area contributed by atoms with Gasteiger partial charge in [0.15, 0.2) is 0 Å². The summed E-state index contributed by atoms with van der Waals surface area (Å²) in [5.74, 6) is -14.0. The number of unbranched alkanes of at least 4 members (excludes halogenated alkanes) is 1. The number of hydrogen-bond donors (Lipinski definition) is 17. The standard InChI is InChI=1S/C47H65N13O16/c48-15-7-6-11-27(49)40(68)56-32(19-37(51)64)45(73)57-30(17-25-20-52-28-12-5-4-10-26(25)28)43(71)59-34(22-61)41(69)53-21-38(65)54-31(18-36(50)63)44(72)60-35(23-62)46(74)55-29(13-14-39(66)67)42(70)58-33(47(75)76)16-24-8-2-1-3-9-24/h1-5,8-10,12,20,27,29-35,52,61-62H,6-7,11,13-19,21-23,48-49H2,(H2,50,63)(H2,51,64)(H,53,69)(H,54,65)(H,55,74)(H,56,68)(H,57,73)(H,58,70)(H,59,71)(H,60,72)(H,66,67)(H,75,76)/t27-,29-,30-,31-,32-,33-,34-,35-/m0/s1. The molecule has 76 heavy (non-hydrogen) atoms. The molecule has 0 unspecified atom stereocenters. The van der Waals surface area contributed by atoms with Crippen molar-refractivity contribution in [3.8, 4) is 0 Å². The van der Waals surface area contributed by atoms with Crippen LogP contribution < -0.4 is 65.5 Å². The zero-order chi connectivity index (χ0) is 56.5. The molecule has 8 atom stereocenters. The molecular weight excluding hydrogens is 1000 g/mol. The second kappa shape index (κ2) is 31.3. The number of aliphatic hydroxyl groups excluding tert-OH is 2. The van der Waals surface area contributed by atoms with E-state index in [1.807, 2.05) is 0 Å². The minimum Gasteiger partial charge on any atom is -0.481 e. The fourth-order valence-corrected chi connectivity index (χ4v) is 7.34. The number of rotatable bonds is 34. The Morgan fingerprint density at radius 3 is 1.62 bits per heavy atom. The molecule has 0 saturated heterocycles. The van der Waals surface area contributed by atoms with E-state index >= 15 is 0 Å². The quantitative estimate of drug-likeness (QED) is 0.0247. The zero-order valence-electron chi connectivity index (χ0n) is 41.1. The van der Waals surface area contributed by atoms with Crippen LogP contribution >= 0.6 is 0 Å². The van der Waals surface area contributed by atoms with E-state index in [1.54, 1.807) is 60.8 Å². The molecule has 0 spiro atoms. The van der Waals surface area contributed by atoms with Gasteiger partial charge < -0.3 is 90.9 Å². The lowest BCUT2D eigenvalue weighted by atomic mass is 10.0. The summed E-state index contributed by atoms with van der Waals surface area (Å²) in [7, 11) is 0. The number of benzene rings is 2. The molecule has 0 aliphatic heterocycles. The molecule has 0 radical (unpaired) electrons. The summed E-state index contributed by atoms with van der Waals surface area (Å²) in [5, 5.41) is 57.7. The lowest BCUT2D eigenvalue weighted by Gasteiger charge is -2.25. The first-order valence-electron chi connectivity index (χ1n) is 23.7. The number of aliphatic carboxylic acids is 2. The van der Waals surface area contributed by atoms with Crippen molar-refractivity contribution in [3.63, 3.8) is 0 Å². The van der Waals surface area contributed by atoms with Crippen LogP contribution in [0.5, 0.6) is 0 Å². The van der Waals surface area contributed by atoms with E-state index in [9.17, 15) is 78.0 Å². The molecule has 2 aromatic carbocycles. The Hall–Kier alpha value is -8.54. The Morgan fingerprint density at radius 1 is 0.539 bits per heavy atom. The van der Waals surface area contributed by atoms with Crippen LogP contribution in [-0.2, 0) is 70.4 Å². The van der Waals surface area contributed by atoms with E-state index in [-0.39, 0.29) is 19.3 Å². The summed E-state index contributed by atoms with van der Waals surface area (Å²) in [4.78, 5) is 157. The minimum atomic E-state index is -1.93. The number of carbonyl (C=O) groups is 12. The van der Waals surface area contributed by atoms with Gasteiger partial charge in [-0.1, -0.05) is 55.0 Å². The molecule has 414 valence electrons. The molecule has 1 heterocycles. The number of nitrogens with two attached hydrogens (primary N) is 4. The normalized spacial score (nSPS) is 14.1. The molecular formula is C47H65N13O16. The lowest BCUT2D eigenvalue weighted by molar-refractivity contribution is -0.143. The van der Waals surface area contributed by atoms with E-state index in [1.165, 1.54) is 0 Å². The van der Waals surface area contributed by atoms with E-state index in [0.29, 0.717) is 41.4 Å². The molecule has 0 aliphatic carbocycles. The van der Waals surface area contributed by atoms with Crippen molar-refractivity contribution in [2.24, 2.45) is 22.9 Å². The minimum absolute atomic E-state index is 0.194. The van der Waals surface area contributed by atoms with E-state index < -0.39 is 165 Å². The molecule has 29 nitrogen and oxygen atoms in total. The van der Waals surface area contributed by atoms with Gasteiger partial charge >= 0.3 is 11.9 Å². The van der Waals surface area contributed by atoms with Crippen LogP contribution in [-0.4, -0.2) is 171 Å². The number of hydrogen-bond acceptors (Lipinski definition) is 16. The van der Waals surface area contributed by atoms with Crippen molar-refractivity contribution in [1.82, 2.24) is 47.5 Å². The maximum Gasteiger partial charge on any atom is 0.326 e. The maximum atomic E-state index is 13.9. The van der Waals surface area contributed by atoms with Gasteiger partial charge in [-0.05, 0) is 43.0 Å². The van der Waals surface area contributed by atoms with Crippen LogP contribution in [0, 0.1) is 0 Å². The molecule has 0 fully saturated rings. The second-order valence-corrected chi connectivity index (χ2v) is 17.3. The van der Waals surface area contributed by atoms with Crippen LogP contribution in [0.15, 0.2) is 60.8 Å². The maximum absolute atomic E-state index is 13.9. The van der Waals surface area contributed by atoms with Gasteiger partial charge in [-0.3, -0.25) is 52.7 Å². The van der Waals surface area contributed by atoms with Crippen molar-refractivity contribution in [2.45, 2.75) is 106 Å². The molecule has 21 N–H and O–H groups in total. The van der Waals surface area contributed by atoms with Gasteiger partial charge in [0.1, 0.15) is 42.3 Å². The van der Waals surface area contributed by atoms with Crippen LogP contribution in [0.25, 0.3) is 10.9 Å². The van der Waals surface area contributed by atoms with Gasteiger partial charge in [0, 0.05) is 36.4 Å². The Kier molecular flexibility index (Phi) is 25.4. The molecule has 1 aromatic heterocycles. The summed E-state index contributed by atoms with van der Waals surface area (Å²) < 4.78 is 0. The number of aromatic nitrogens is 1. The summed E-state index contributed by atoms with van der Waals surface area (Å²) in [6, 6.07) is 1.89. The fourth-order valence-electron chi connectivity index (χ4n) is 7.34. The number of aromatic amines is 1. The first kappa shape index (κ1) is 61.8. The molecule has 10 amide bonds. The van der Waals surface area contributed by atoms with Crippen LogP contribution in [0.3, 0.4) is 0 Å². The average molecular weight is 1070 g/mol. The molecule has 0 aliphatic rings. The summed E-state index contributed by atoms with van der Waals surface area (Å²) in [5.41, 5.74) is 23.8. The third kappa shape index (κ3) is 20.8. The number of H-pyrrole nitrogens is 1. The SMILES string of the molecule is NCCCC[C@H](N)C(=O)N[C@@H](CC(N)=O)C(=O)N[C@@H](Cc1c[nH]c2ccccc12)C(=O)N[C@@H](CO)C(=O)NCC(=O)N[C@@H](CC(N)=O)C(=O)N[C@@H](CO)C(=O)N[C@@H](CCC(=O)O)C(=O)N[C@@H](Cc1ccccc1)C(=O)O. The van der Waals surface area contributed by atoms with Crippen LogP contribution in [0.4, 0.5) is 0 Å². The molecule has 3 rings (SSSR count). The number of para-hydroxylation sites is 1. The predicted molar refractivity (Wildman–Crippen MR) is 266 cm³/mol. The predicted octanol–water partition coefficient (Wildman–Crippen LogP) is -6.40. The number of carboxylic acid groups (broad SMARTS) is 2. The molecule has 3 aromatic rings. The van der Waals surface area contributed by atoms with Gasteiger partial charge in [0.2, 0.25) is 59.1 Å². The van der Waals surface area contributed by atoms with Gasteiger partial charge in [-0.15, -0.1) is 0 Å². The fraction of sp³-hybridized carbons (Fsp3) is 0.447. The molecule has 29 heteroatoms. The first-order chi connectivity index (χ1) is 36.1. The summed E-state index contributed by atoms with van der Waals surface area (Å²) >= 11 is 0. The number of amides is 10. The second-order valence-electron chi connectivity index (χ2n) is 17.3. The number of nitrogens with one attached hydrogen (secondary N) is 9. The Labute approximate surface area is 433 Å². The van der Waals surface area contributed by atoms with Crippen LogP contribution in [0.1, 0.15) is 56.1 Å². The Morgan fingerprint density at radius 2 is 1.04 bits per heavy atom. The number of primary amides is 2. The topological polar surface area (TPSA) is 502 Å². The van der Waals surface area contributed by atoms with Gasteiger partial charge in [-0.25, -0.2) is 4.79 Å². The summed E-state index contributed by atoms with van der Waals surface area (Å²) in [6.45, 7) is -2.89. The van der Waals surface area contributed by atoms with Gasteiger partial charge in [0.05, 0.1) is 38.6 Å². The lowest BCUT2D eigenvalue weighted by Crippen LogP contribution is -2.60. The van der Waals surface area contributed by atoms with Crippen LogP contribution in [0.2, 0.25) is 0 Å². The monoisotopic (exact) mass is 1070 g/mol. The third-order valence-electron chi connectivity index (χ3n) is 11.4. The van der Waals surface area contributed by atoms with E-state index in [2.05, 4.69) is 47.5 Å². The highest BCUT2D eigenvalue weighted by Crippen LogP contribution is 2.19. The Balaban J connectivity index is 1.72. The highest BCUT2D eigenvalue weighted by molar-refractivity contribution is 5.99. The van der Waals surface area contributed by atoms with Crippen molar-refractivity contribution in [1.29, 1.82) is 0 Å². The number of carbonyl (C=O) groups excluding carboxylic acids is 10. The summed E-state index contributed by atoms with van der Waals surface area (Å²) in [6.07, 6.45) is -0.548. The van der Waals surface area contributed by atoms with E-state index in [4.69, 9.17) is 22.9 Å². The zero-order valence-corrected chi connectivity index (χ0v) is 41.1. The Bertz CT molecular complexity index is 2540. The van der Waals surface area contributed by atoms with Crippen molar-refractivity contribution in [3.05, 3.63) is 71.9 Å². The largest absolute Gasteiger partial charge is 0.481 e. The van der Waals surface area contributed by atoms with Crippen molar-refractivity contribution in [2.75, 3.05) is 26.3 Å². The van der Waals surface area contributed by atoms with Gasteiger partial charge in [-0.2, -0.15) is 0 Å². The number of aliphatic hydroxyl groups is 2. The highest BCUT2D eigenvalue weighted by Gasteiger charge is 2.34. The highest BCUT2D eigenvalue weighted by atomic mass is 16.4. The number of carboxylic acids is 2. The smallest absolute Gasteiger partial charge is 0.326 e. The third-order valence-corrected chi connectivity index (χ3v) is 11.4. The average Bonchev–Trinajstić information content (AvgIpc) is 3.78. The molecule has 0 bridgehead atoms. The van der Waals surface area contributed by atoms with Gasteiger partial charge in [0.25, 0.3) is 0 Å².